The fourth-order valence-corrected chi connectivity index (χ4v) is 4.72. The molecule has 0 spiro atoms. The van der Waals surface area contributed by atoms with E-state index in [-0.39, 0.29) is 11.8 Å². The Balaban J connectivity index is 1.19. The van der Waals surface area contributed by atoms with Gasteiger partial charge in [-0.3, -0.25) is 14.6 Å². The van der Waals surface area contributed by atoms with Gasteiger partial charge in [-0.05, 0) is 44.2 Å². The van der Waals surface area contributed by atoms with Gasteiger partial charge in [-0.25, -0.2) is 0 Å². The second-order valence-corrected chi connectivity index (χ2v) is 8.60. The summed E-state index contributed by atoms with van der Waals surface area (Å²) in [6, 6.07) is 10.9. The normalized spacial score (nSPS) is 21.6. The zero-order valence-corrected chi connectivity index (χ0v) is 17.9. The number of rotatable bonds is 7. The second-order valence-electron chi connectivity index (χ2n) is 8.60. The van der Waals surface area contributed by atoms with Crippen molar-refractivity contribution >= 4 is 5.91 Å². The second kappa shape index (κ2) is 10.2. The Morgan fingerprint density at radius 2 is 1.97 bits per heavy atom. The van der Waals surface area contributed by atoms with Crippen molar-refractivity contribution in [2.45, 2.75) is 51.6 Å². The van der Waals surface area contributed by atoms with E-state index in [4.69, 9.17) is 4.52 Å². The van der Waals surface area contributed by atoms with Crippen LogP contribution in [0.15, 0.2) is 34.9 Å². The Hall–Kier alpha value is -2.25. The third kappa shape index (κ3) is 5.67. The number of aryl methyl sites for hydroxylation is 1. The van der Waals surface area contributed by atoms with Crippen LogP contribution in [0.5, 0.6) is 0 Å². The van der Waals surface area contributed by atoms with Crippen molar-refractivity contribution in [1.29, 1.82) is 0 Å². The summed E-state index contributed by atoms with van der Waals surface area (Å²) in [5.41, 5.74) is 1.27. The summed E-state index contributed by atoms with van der Waals surface area (Å²) in [6.45, 7) is 7.40. The van der Waals surface area contributed by atoms with Crippen LogP contribution in [0.25, 0.3) is 0 Å². The average Bonchev–Trinajstić information content (AvgIpc) is 3.19. The molecule has 0 radical (unpaired) electrons. The summed E-state index contributed by atoms with van der Waals surface area (Å²) < 4.78 is 5.08. The predicted molar refractivity (Wildman–Crippen MR) is 115 cm³/mol. The van der Waals surface area contributed by atoms with Gasteiger partial charge in [0.25, 0.3) is 0 Å². The molecule has 2 aromatic rings. The number of amides is 1. The lowest BCUT2D eigenvalue weighted by Gasteiger charge is -2.41. The lowest BCUT2D eigenvalue weighted by atomic mass is 9.93. The number of benzene rings is 1. The van der Waals surface area contributed by atoms with Crippen LogP contribution in [0.4, 0.5) is 0 Å². The van der Waals surface area contributed by atoms with Crippen LogP contribution >= 0.6 is 0 Å². The first-order valence-electron chi connectivity index (χ1n) is 11.2. The molecule has 7 heteroatoms. The van der Waals surface area contributed by atoms with E-state index < -0.39 is 0 Å². The molecule has 2 fully saturated rings. The monoisotopic (exact) mass is 411 g/mol. The van der Waals surface area contributed by atoms with Crippen LogP contribution in [0.1, 0.15) is 43.0 Å². The van der Waals surface area contributed by atoms with E-state index >= 15 is 0 Å². The van der Waals surface area contributed by atoms with Gasteiger partial charge in [0, 0.05) is 39.1 Å². The van der Waals surface area contributed by atoms with Gasteiger partial charge in [-0.15, -0.1) is 0 Å². The molecule has 2 saturated heterocycles. The summed E-state index contributed by atoms with van der Waals surface area (Å²) >= 11 is 0. The number of hydrogen-bond acceptors (Lipinski definition) is 6. The van der Waals surface area contributed by atoms with Crippen molar-refractivity contribution in [3.05, 3.63) is 47.6 Å². The minimum Gasteiger partial charge on any atom is -0.355 e. The first kappa shape index (κ1) is 21.0. The number of piperidine rings is 2. The zero-order chi connectivity index (χ0) is 20.8. The molecule has 1 amide bonds. The van der Waals surface area contributed by atoms with E-state index in [1.165, 1.54) is 5.56 Å². The number of nitrogens with one attached hydrogen (secondary N) is 1. The number of carbonyl (C=O) groups excluding carboxylic acids is 1. The van der Waals surface area contributed by atoms with Gasteiger partial charge in [-0.1, -0.05) is 35.5 Å². The fraction of sp³-hybridized carbons (Fsp3) is 0.609. The molecule has 3 heterocycles. The summed E-state index contributed by atoms with van der Waals surface area (Å²) in [5, 5.41) is 7.17. The maximum atomic E-state index is 12.7. The highest BCUT2D eigenvalue weighted by atomic mass is 16.5. The molecule has 7 nitrogen and oxygen atoms in total. The predicted octanol–water partition coefficient (Wildman–Crippen LogP) is 2.41. The maximum absolute atomic E-state index is 12.7. The first-order chi connectivity index (χ1) is 14.7. The highest BCUT2D eigenvalue weighted by molar-refractivity contribution is 5.79. The van der Waals surface area contributed by atoms with Crippen LogP contribution in [-0.4, -0.2) is 64.6 Å². The number of likely N-dealkylation sites (tertiary alicyclic amines) is 2. The third-order valence-electron chi connectivity index (χ3n) is 6.39. The van der Waals surface area contributed by atoms with Gasteiger partial charge in [-0.2, -0.15) is 4.98 Å². The minimum absolute atomic E-state index is 0.120. The average molecular weight is 412 g/mol. The van der Waals surface area contributed by atoms with Gasteiger partial charge in [0.2, 0.25) is 11.8 Å². The lowest BCUT2D eigenvalue weighted by molar-refractivity contribution is -0.127. The number of aromatic nitrogens is 2. The molecule has 2 aliphatic rings. The quantitative estimate of drug-likeness (QED) is 0.754. The number of carbonyl (C=O) groups is 1. The molecule has 4 rings (SSSR count). The summed E-state index contributed by atoms with van der Waals surface area (Å²) in [6.07, 6.45) is 5.28. The Bertz CT molecular complexity index is 801. The molecule has 0 bridgehead atoms. The van der Waals surface area contributed by atoms with E-state index in [2.05, 4.69) is 37.4 Å². The van der Waals surface area contributed by atoms with Gasteiger partial charge < -0.3 is 9.84 Å². The Kier molecular flexibility index (Phi) is 7.12. The molecular weight excluding hydrogens is 378 g/mol. The maximum Gasteiger partial charge on any atom is 0.224 e. The Labute approximate surface area is 178 Å². The molecule has 30 heavy (non-hydrogen) atoms. The fourth-order valence-electron chi connectivity index (χ4n) is 4.72. The van der Waals surface area contributed by atoms with E-state index in [0.717, 1.165) is 70.7 Å². The summed E-state index contributed by atoms with van der Waals surface area (Å²) in [7, 11) is 0. The van der Waals surface area contributed by atoms with Crippen molar-refractivity contribution < 1.29 is 9.32 Å². The number of nitrogens with zero attached hydrogens (tertiary/aromatic N) is 4. The molecule has 2 aliphatic heterocycles. The number of hydrogen-bond donors (Lipinski definition) is 1. The van der Waals surface area contributed by atoms with Crippen LogP contribution in [0.2, 0.25) is 0 Å². The van der Waals surface area contributed by atoms with E-state index in [0.29, 0.717) is 18.5 Å². The van der Waals surface area contributed by atoms with Crippen molar-refractivity contribution in [3.63, 3.8) is 0 Å². The van der Waals surface area contributed by atoms with E-state index in [1.54, 1.807) is 0 Å². The molecule has 0 aliphatic carbocycles. The first-order valence-corrected chi connectivity index (χ1v) is 11.2. The van der Waals surface area contributed by atoms with Crippen LogP contribution < -0.4 is 5.32 Å². The Morgan fingerprint density at radius 1 is 1.17 bits per heavy atom. The highest BCUT2D eigenvalue weighted by Crippen LogP contribution is 2.24. The molecule has 1 N–H and O–H groups in total. The highest BCUT2D eigenvalue weighted by Gasteiger charge is 2.31. The molecule has 0 saturated carbocycles. The van der Waals surface area contributed by atoms with Crippen molar-refractivity contribution in [1.82, 2.24) is 25.3 Å². The van der Waals surface area contributed by atoms with E-state index in [9.17, 15) is 4.79 Å². The molecule has 1 atom stereocenters. The van der Waals surface area contributed by atoms with Gasteiger partial charge in [0.1, 0.15) is 0 Å². The smallest absolute Gasteiger partial charge is 0.224 e. The third-order valence-corrected chi connectivity index (χ3v) is 6.39. The van der Waals surface area contributed by atoms with Crippen molar-refractivity contribution in [2.75, 3.05) is 32.7 Å². The molecule has 1 aromatic heterocycles. The SMILES string of the molecule is Cc1nc(CN2CCC(N3CCCC(C(=O)NCCc4ccccc4)C3)CC2)no1. The molecule has 1 aromatic carbocycles. The van der Waals surface area contributed by atoms with Crippen molar-refractivity contribution in [3.8, 4) is 0 Å². The van der Waals surface area contributed by atoms with Gasteiger partial charge in [0.15, 0.2) is 5.82 Å². The Morgan fingerprint density at radius 3 is 2.70 bits per heavy atom. The molecular formula is C23H33N5O2. The zero-order valence-electron chi connectivity index (χ0n) is 17.9. The van der Waals surface area contributed by atoms with Crippen LogP contribution in [-0.2, 0) is 17.8 Å². The molecule has 1 unspecified atom stereocenters. The lowest BCUT2D eigenvalue weighted by Crippen LogP contribution is -2.50. The van der Waals surface area contributed by atoms with Crippen LogP contribution in [0, 0.1) is 12.8 Å². The van der Waals surface area contributed by atoms with E-state index in [1.807, 2.05) is 25.1 Å². The topological polar surface area (TPSA) is 74.5 Å². The molecule has 162 valence electrons. The minimum atomic E-state index is 0.120. The summed E-state index contributed by atoms with van der Waals surface area (Å²) in [4.78, 5) is 22.0. The standard InChI is InChI=1S/C23H33N5O2/c1-18-25-22(26-30-18)17-27-14-10-21(11-15-27)28-13-5-8-20(16-28)23(29)24-12-9-19-6-3-2-4-7-19/h2-4,6-7,20-21H,5,8-17H2,1H3,(H,24,29). The van der Waals surface area contributed by atoms with Crippen LogP contribution in [0.3, 0.4) is 0 Å². The van der Waals surface area contributed by atoms with Gasteiger partial charge in [0.05, 0.1) is 12.5 Å². The van der Waals surface area contributed by atoms with Gasteiger partial charge >= 0.3 is 0 Å². The largest absolute Gasteiger partial charge is 0.355 e. The van der Waals surface area contributed by atoms with Crippen molar-refractivity contribution in [2.24, 2.45) is 5.92 Å². The summed E-state index contributed by atoms with van der Waals surface area (Å²) in [5.74, 6) is 1.74.